The van der Waals surface area contributed by atoms with Gasteiger partial charge in [-0.05, 0) is 30.9 Å². The fourth-order valence-electron chi connectivity index (χ4n) is 3.44. The molecule has 1 fully saturated rings. The zero-order chi connectivity index (χ0) is 18.4. The molecule has 136 valence electrons. The van der Waals surface area contributed by atoms with Gasteiger partial charge >= 0.3 is 5.97 Å². The van der Waals surface area contributed by atoms with Crippen LogP contribution < -0.4 is 5.32 Å². The molecular formula is C22H25NO3. The molecule has 1 aliphatic carbocycles. The Morgan fingerprint density at radius 3 is 1.92 bits per heavy atom. The molecule has 2 aromatic carbocycles. The van der Waals surface area contributed by atoms with Crippen LogP contribution in [0.3, 0.4) is 0 Å². The Morgan fingerprint density at radius 2 is 1.42 bits per heavy atom. The van der Waals surface area contributed by atoms with Crippen molar-refractivity contribution in [3.63, 3.8) is 0 Å². The molecule has 0 spiro atoms. The number of esters is 1. The number of benzene rings is 2. The second kappa shape index (κ2) is 8.65. The SMILES string of the molecule is C[C@H](OC(=O)C(c1ccccc1)c1ccccc1)C(=O)NC1CCCC1. The Bertz CT molecular complexity index is 684. The highest BCUT2D eigenvalue weighted by molar-refractivity contribution is 5.87. The molecule has 0 aromatic heterocycles. The average molecular weight is 351 g/mol. The van der Waals surface area contributed by atoms with Gasteiger partial charge in [0.15, 0.2) is 6.10 Å². The van der Waals surface area contributed by atoms with Crippen molar-refractivity contribution in [2.75, 3.05) is 0 Å². The second-order valence-electron chi connectivity index (χ2n) is 6.82. The van der Waals surface area contributed by atoms with E-state index < -0.39 is 18.0 Å². The van der Waals surface area contributed by atoms with Crippen molar-refractivity contribution in [1.29, 1.82) is 0 Å². The Labute approximate surface area is 154 Å². The first kappa shape index (κ1) is 18.2. The molecule has 26 heavy (non-hydrogen) atoms. The van der Waals surface area contributed by atoms with Crippen LogP contribution in [0.25, 0.3) is 0 Å². The Balaban J connectivity index is 1.72. The summed E-state index contributed by atoms with van der Waals surface area (Å²) in [5, 5.41) is 2.99. The van der Waals surface area contributed by atoms with Crippen LogP contribution in [0.5, 0.6) is 0 Å². The lowest BCUT2D eigenvalue weighted by molar-refractivity contribution is -0.155. The van der Waals surface area contributed by atoms with Crippen LogP contribution in [0.4, 0.5) is 0 Å². The van der Waals surface area contributed by atoms with Gasteiger partial charge in [0.05, 0.1) is 0 Å². The van der Waals surface area contributed by atoms with Crippen molar-refractivity contribution in [3.8, 4) is 0 Å². The van der Waals surface area contributed by atoms with Crippen molar-refractivity contribution in [3.05, 3.63) is 71.8 Å². The van der Waals surface area contributed by atoms with E-state index in [9.17, 15) is 9.59 Å². The van der Waals surface area contributed by atoms with Gasteiger partial charge in [-0.25, -0.2) is 0 Å². The van der Waals surface area contributed by atoms with Gasteiger partial charge in [0.25, 0.3) is 5.91 Å². The molecule has 4 nitrogen and oxygen atoms in total. The molecule has 0 unspecified atom stereocenters. The van der Waals surface area contributed by atoms with Crippen molar-refractivity contribution in [2.45, 2.75) is 50.7 Å². The van der Waals surface area contributed by atoms with Crippen LogP contribution in [-0.2, 0) is 14.3 Å². The van der Waals surface area contributed by atoms with Crippen LogP contribution in [0.2, 0.25) is 0 Å². The molecule has 1 aliphatic rings. The summed E-state index contributed by atoms with van der Waals surface area (Å²) in [5.41, 5.74) is 1.71. The van der Waals surface area contributed by atoms with Gasteiger partial charge in [-0.3, -0.25) is 9.59 Å². The summed E-state index contributed by atoms with van der Waals surface area (Å²) in [7, 11) is 0. The molecule has 1 amide bonds. The van der Waals surface area contributed by atoms with Crippen molar-refractivity contribution >= 4 is 11.9 Å². The summed E-state index contributed by atoms with van der Waals surface area (Å²) in [4.78, 5) is 25.2. The Morgan fingerprint density at radius 1 is 0.923 bits per heavy atom. The van der Waals surface area contributed by atoms with E-state index in [4.69, 9.17) is 4.74 Å². The minimum absolute atomic E-state index is 0.211. The maximum absolute atomic E-state index is 12.9. The van der Waals surface area contributed by atoms with Crippen LogP contribution in [0, 0.1) is 0 Å². The topological polar surface area (TPSA) is 55.4 Å². The minimum atomic E-state index is -0.807. The average Bonchev–Trinajstić information content (AvgIpc) is 3.16. The molecule has 1 N–H and O–H groups in total. The first-order valence-electron chi connectivity index (χ1n) is 9.26. The zero-order valence-corrected chi connectivity index (χ0v) is 15.1. The van der Waals surface area contributed by atoms with E-state index in [1.807, 2.05) is 60.7 Å². The van der Waals surface area contributed by atoms with Gasteiger partial charge in [0.2, 0.25) is 0 Å². The van der Waals surface area contributed by atoms with Crippen LogP contribution in [-0.4, -0.2) is 24.0 Å². The van der Waals surface area contributed by atoms with E-state index >= 15 is 0 Å². The molecule has 2 aromatic rings. The fraction of sp³-hybridized carbons (Fsp3) is 0.364. The van der Waals surface area contributed by atoms with Gasteiger partial charge < -0.3 is 10.1 Å². The van der Waals surface area contributed by atoms with Gasteiger partial charge in [-0.1, -0.05) is 73.5 Å². The molecule has 3 rings (SSSR count). The van der Waals surface area contributed by atoms with E-state index in [2.05, 4.69) is 5.32 Å². The molecule has 0 aliphatic heterocycles. The van der Waals surface area contributed by atoms with Gasteiger partial charge in [-0.15, -0.1) is 0 Å². The number of hydrogen-bond acceptors (Lipinski definition) is 3. The van der Waals surface area contributed by atoms with Crippen LogP contribution in [0.1, 0.15) is 49.7 Å². The molecule has 4 heteroatoms. The predicted octanol–water partition coefficient (Wildman–Crippen LogP) is 3.81. The van der Waals surface area contributed by atoms with Gasteiger partial charge in [0, 0.05) is 6.04 Å². The van der Waals surface area contributed by atoms with E-state index in [1.54, 1.807) is 6.92 Å². The fourth-order valence-corrected chi connectivity index (χ4v) is 3.44. The normalized spacial score (nSPS) is 15.6. The molecule has 0 radical (unpaired) electrons. The van der Waals surface area contributed by atoms with E-state index in [0.717, 1.165) is 36.8 Å². The number of carbonyl (C=O) groups is 2. The highest BCUT2D eigenvalue weighted by Gasteiger charge is 2.29. The second-order valence-corrected chi connectivity index (χ2v) is 6.82. The van der Waals surface area contributed by atoms with Crippen molar-refractivity contribution < 1.29 is 14.3 Å². The first-order valence-corrected chi connectivity index (χ1v) is 9.26. The lowest BCUT2D eigenvalue weighted by Crippen LogP contribution is -2.41. The minimum Gasteiger partial charge on any atom is -0.452 e. The van der Waals surface area contributed by atoms with Gasteiger partial charge in [-0.2, -0.15) is 0 Å². The summed E-state index contributed by atoms with van der Waals surface area (Å²) in [5.74, 6) is -1.17. The van der Waals surface area contributed by atoms with Crippen molar-refractivity contribution in [2.24, 2.45) is 0 Å². The van der Waals surface area contributed by atoms with E-state index in [-0.39, 0.29) is 11.9 Å². The molecule has 0 saturated heterocycles. The third-order valence-electron chi connectivity index (χ3n) is 4.87. The third kappa shape index (κ3) is 4.51. The standard InChI is InChI=1S/C22H25NO3/c1-16(21(24)23-19-14-8-9-15-19)26-22(25)20(17-10-4-2-5-11-17)18-12-6-3-7-13-18/h2-7,10-13,16,19-20H,8-9,14-15H2,1H3,(H,23,24)/t16-/m0/s1. The quantitative estimate of drug-likeness (QED) is 0.805. The van der Waals surface area contributed by atoms with Gasteiger partial charge in [0.1, 0.15) is 5.92 Å². The molecule has 1 saturated carbocycles. The van der Waals surface area contributed by atoms with Crippen molar-refractivity contribution in [1.82, 2.24) is 5.32 Å². The number of nitrogens with one attached hydrogen (secondary N) is 1. The van der Waals surface area contributed by atoms with E-state index in [1.165, 1.54) is 0 Å². The summed E-state index contributed by atoms with van der Waals surface area (Å²) in [6.45, 7) is 1.63. The number of ether oxygens (including phenoxy) is 1. The lowest BCUT2D eigenvalue weighted by Gasteiger charge is -2.21. The Kier molecular flexibility index (Phi) is 6.05. The molecule has 0 bridgehead atoms. The lowest BCUT2D eigenvalue weighted by atomic mass is 9.91. The first-order chi connectivity index (χ1) is 12.6. The maximum atomic E-state index is 12.9. The van der Waals surface area contributed by atoms with Crippen LogP contribution in [0.15, 0.2) is 60.7 Å². The van der Waals surface area contributed by atoms with Crippen LogP contribution >= 0.6 is 0 Å². The monoisotopic (exact) mass is 351 g/mol. The molecule has 1 atom stereocenters. The molecular weight excluding hydrogens is 326 g/mol. The highest BCUT2D eigenvalue weighted by Crippen LogP contribution is 2.26. The number of hydrogen-bond donors (Lipinski definition) is 1. The smallest absolute Gasteiger partial charge is 0.318 e. The maximum Gasteiger partial charge on any atom is 0.318 e. The number of rotatable bonds is 6. The summed E-state index contributed by atoms with van der Waals surface area (Å²) in [6.07, 6.45) is 3.48. The summed E-state index contributed by atoms with van der Waals surface area (Å²) in [6, 6.07) is 19.2. The molecule has 0 heterocycles. The van der Waals surface area contributed by atoms with E-state index in [0.29, 0.717) is 0 Å². The Hall–Kier alpha value is -2.62. The summed E-state index contributed by atoms with van der Waals surface area (Å²) < 4.78 is 5.54. The zero-order valence-electron chi connectivity index (χ0n) is 15.1. The summed E-state index contributed by atoms with van der Waals surface area (Å²) >= 11 is 0. The number of amides is 1. The predicted molar refractivity (Wildman–Crippen MR) is 101 cm³/mol. The number of carbonyl (C=O) groups excluding carboxylic acids is 2. The highest BCUT2D eigenvalue weighted by atomic mass is 16.5. The largest absolute Gasteiger partial charge is 0.452 e. The third-order valence-corrected chi connectivity index (χ3v) is 4.87.